The first-order chi connectivity index (χ1) is 10.6. The molecule has 1 atom stereocenters. The molecule has 1 aliphatic rings. The first-order valence-electron chi connectivity index (χ1n) is 7.44. The summed E-state index contributed by atoms with van der Waals surface area (Å²) in [6.07, 6.45) is 1.49. The van der Waals surface area contributed by atoms with Crippen LogP contribution in [0.4, 0.5) is 4.79 Å². The first-order valence-corrected chi connectivity index (χ1v) is 7.44. The second-order valence-electron chi connectivity index (χ2n) is 5.58. The largest absolute Gasteiger partial charge is 0.480 e. The number of likely N-dealkylation sites (tertiary alicyclic amines) is 1. The summed E-state index contributed by atoms with van der Waals surface area (Å²) in [6.45, 7) is 1.52. The van der Waals surface area contributed by atoms with Gasteiger partial charge in [0.15, 0.2) is 0 Å². The van der Waals surface area contributed by atoms with E-state index in [4.69, 9.17) is 9.84 Å². The van der Waals surface area contributed by atoms with E-state index in [1.54, 1.807) is 7.05 Å². The maximum atomic E-state index is 12.0. The van der Waals surface area contributed by atoms with Crippen LogP contribution in [0.1, 0.15) is 18.4 Å². The number of rotatable bonds is 6. The van der Waals surface area contributed by atoms with Crippen molar-refractivity contribution in [3.63, 3.8) is 0 Å². The van der Waals surface area contributed by atoms with Gasteiger partial charge in [0.1, 0.15) is 6.61 Å². The van der Waals surface area contributed by atoms with Crippen LogP contribution in [0.3, 0.4) is 0 Å². The number of hydrogen-bond acceptors (Lipinski definition) is 4. The average Bonchev–Trinajstić information content (AvgIpc) is 2.92. The number of aliphatic carboxylic acids is 1. The van der Waals surface area contributed by atoms with E-state index in [1.165, 1.54) is 4.90 Å². The van der Waals surface area contributed by atoms with Crippen molar-refractivity contribution in [2.24, 2.45) is 0 Å². The van der Waals surface area contributed by atoms with Crippen molar-refractivity contribution in [1.29, 1.82) is 0 Å². The predicted molar refractivity (Wildman–Crippen MR) is 81.5 cm³/mol. The summed E-state index contributed by atoms with van der Waals surface area (Å²) in [5, 5.41) is 8.90. The molecule has 0 spiro atoms. The first kappa shape index (κ1) is 16.3. The van der Waals surface area contributed by atoms with E-state index < -0.39 is 5.97 Å². The van der Waals surface area contributed by atoms with Crippen molar-refractivity contribution in [1.82, 2.24) is 9.80 Å². The third-order valence-corrected chi connectivity index (χ3v) is 3.84. The van der Waals surface area contributed by atoms with Crippen LogP contribution < -0.4 is 0 Å². The van der Waals surface area contributed by atoms with E-state index >= 15 is 0 Å². The zero-order chi connectivity index (χ0) is 15.9. The van der Waals surface area contributed by atoms with Gasteiger partial charge in [0.05, 0.1) is 6.54 Å². The highest BCUT2D eigenvalue weighted by Gasteiger charge is 2.28. The molecule has 0 bridgehead atoms. The second-order valence-corrected chi connectivity index (χ2v) is 5.58. The number of likely N-dealkylation sites (N-methyl/N-ethyl adjacent to an activating group) is 1. The van der Waals surface area contributed by atoms with Gasteiger partial charge >= 0.3 is 12.1 Å². The van der Waals surface area contributed by atoms with Gasteiger partial charge in [0.2, 0.25) is 0 Å². The summed E-state index contributed by atoms with van der Waals surface area (Å²) in [5.74, 6) is -0.832. The van der Waals surface area contributed by atoms with Crippen molar-refractivity contribution >= 4 is 12.1 Å². The SMILES string of the molecule is CN(C[C@@H]1CCCN1CC(=O)O)C(=O)OCc1ccccc1. The lowest BCUT2D eigenvalue weighted by molar-refractivity contribution is -0.138. The van der Waals surface area contributed by atoms with E-state index in [1.807, 2.05) is 35.2 Å². The Hall–Kier alpha value is -2.08. The Morgan fingerprint density at radius 3 is 2.77 bits per heavy atom. The molecule has 0 saturated carbocycles. The highest BCUT2D eigenvalue weighted by molar-refractivity contribution is 5.69. The molecule has 1 N–H and O–H groups in total. The highest BCUT2D eigenvalue weighted by Crippen LogP contribution is 2.17. The van der Waals surface area contributed by atoms with Crippen LogP contribution in [0.25, 0.3) is 0 Å². The lowest BCUT2D eigenvalue weighted by atomic mass is 10.2. The Bertz CT molecular complexity index is 506. The minimum Gasteiger partial charge on any atom is -0.480 e. The molecule has 0 unspecified atom stereocenters. The molecule has 0 aromatic heterocycles. The molecule has 1 aromatic carbocycles. The molecule has 6 nitrogen and oxygen atoms in total. The maximum Gasteiger partial charge on any atom is 0.409 e. The molecule has 1 aliphatic heterocycles. The molecule has 1 amide bonds. The van der Waals surface area contributed by atoms with Crippen LogP contribution in [0.5, 0.6) is 0 Å². The molecule has 120 valence electrons. The van der Waals surface area contributed by atoms with Gasteiger partial charge in [-0.3, -0.25) is 9.69 Å². The average molecular weight is 306 g/mol. The Morgan fingerprint density at radius 1 is 1.36 bits per heavy atom. The highest BCUT2D eigenvalue weighted by atomic mass is 16.6. The van der Waals surface area contributed by atoms with E-state index in [-0.39, 0.29) is 25.3 Å². The smallest absolute Gasteiger partial charge is 0.409 e. The van der Waals surface area contributed by atoms with Gasteiger partial charge in [-0.05, 0) is 24.9 Å². The predicted octanol–water partition coefficient (Wildman–Crippen LogP) is 1.80. The Labute approximate surface area is 130 Å². The number of carboxylic acids is 1. The van der Waals surface area contributed by atoms with Gasteiger partial charge in [-0.15, -0.1) is 0 Å². The maximum absolute atomic E-state index is 12.0. The Balaban J connectivity index is 1.79. The number of benzene rings is 1. The molecule has 22 heavy (non-hydrogen) atoms. The fourth-order valence-electron chi connectivity index (χ4n) is 2.70. The number of amides is 1. The van der Waals surface area contributed by atoms with Crippen LogP contribution in [0.2, 0.25) is 0 Å². The zero-order valence-electron chi connectivity index (χ0n) is 12.8. The fraction of sp³-hybridized carbons (Fsp3) is 0.500. The molecule has 1 aromatic rings. The summed E-state index contributed by atoms with van der Waals surface area (Å²) < 4.78 is 5.27. The lowest BCUT2D eigenvalue weighted by Gasteiger charge is -2.27. The van der Waals surface area contributed by atoms with Crippen molar-refractivity contribution < 1.29 is 19.4 Å². The van der Waals surface area contributed by atoms with Crippen molar-refractivity contribution in [2.75, 3.05) is 26.7 Å². The fourth-order valence-corrected chi connectivity index (χ4v) is 2.70. The Kier molecular flexibility index (Phi) is 5.77. The van der Waals surface area contributed by atoms with Crippen LogP contribution in [0, 0.1) is 0 Å². The summed E-state index contributed by atoms with van der Waals surface area (Å²) in [5.41, 5.74) is 0.942. The minimum atomic E-state index is -0.832. The van der Waals surface area contributed by atoms with Gasteiger partial charge in [-0.1, -0.05) is 30.3 Å². The van der Waals surface area contributed by atoms with Crippen molar-refractivity contribution in [2.45, 2.75) is 25.5 Å². The third-order valence-electron chi connectivity index (χ3n) is 3.84. The van der Waals surface area contributed by atoms with Crippen LogP contribution in [-0.4, -0.2) is 59.7 Å². The zero-order valence-corrected chi connectivity index (χ0v) is 12.8. The minimum absolute atomic E-state index is 0.0254. The number of carboxylic acid groups (broad SMARTS) is 1. The molecular weight excluding hydrogens is 284 g/mol. The second kappa shape index (κ2) is 7.79. The molecule has 0 aliphatic carbocycles. The van der Waals surface area contributed by atoms with Gasteiger partial charge in [-0.25, -0.2) is 4.79 Å². The van der Waals surface area contributed by atoms with E-state index in [2.05, 4.69) is 0 Å². The van der Waals surface area contributed by atoms with Gasteiger partial charge in [-0.2, -0.15) is 0 Å². The van der Waals surface area contributed by atoms with E-state index in [9.17, 15) is 9.59 Å². The molecule has 1 heterocycles. The lowest BCUT2D eigenvalue weighted by Crippen LogP contribution is -2.43. The summed E-state index contributed by atoms with van der Waals surface area (Å²) in [4.78, 5) is 26.3. The topological polar surface area (TPSA) is 70.1 Å². The normalized spacial score (nSPS) is 18.1. The molecular formula is C16H22N2O4. The molecule has 6 heteroatoms. The van der Waals surface area contributed by atoms with Gasteiger partial charge < -0.3 is 14.7 Å². The van der Waals surface area contributed by atoms with Crippen LogP contribution >= 0.6 is 0 Å². The molecule has 1 saturated heterocycles. The quantitative estimate of drug-likeness (QED) is 0.868. The standard InChI is InChI=1S/C16H22N2O4/c1-17(10-14-8-5-9-18(14)11-15(19)20)16(21)22-12-13-6-3-2-4-7-13/h2-4,6-7,14H,5,8-12H2,1H3,(H,19,20)/t14-/m0/s1. The molecule has 1 fully saturated rings. The van der Waals surface area contributed by atoms with E-state index in [0.717, 1.165) is 24.9 Å². The Morgan fingerprint density at radius 2 is 2.09 bits per heavy atom. The third kappa shape index (κ3) is 4.73. The van der Waals surface area contributed by atoms with Crippen molar-refractivity contribution in [3.05, 3.63) is 35.9 Å². The van der Waals surface area contributed by atoms with Crippen LogP contribution in [0.15, 0.2) is 30.3 Å². The number of carbonyl (C=O) groups excluding carboxylic acids is 1. The van der Waals surface area contributed by atoms with Gasteiger partial charge in [0, 0.05) is 19.6 Å². The van der Waals surface area contributed by atoms with E-state index in [0.29, 0.717) is 6.54 Å². The van der Waals surface area contributed by atoms with Crippen molar-refractivity contribution in [3.8, 4) is 0 Å². The number of carbonyl (C=O) groups is 2. The number of nitrogens with zero attached hydrogens (tertiary/aromatic N) is 2. The van der Waals surface area contributed by atoms with Crippen LogP contribution in [-0.2, 0) is 16.1 Å². The van der Waals surface area contributed by atoms with Gasteiger partial charge in [0.25, 0.3) is 0 Å². The number of hydrogen-bond donors (Lipinski definition) is 1. The molecule has 2 rings (SSSR count). The summed E-state index contributed by atoms with van der Waals surface area (Å²) >= 11 is 0. The summed E-state index contributed by atoms with van der Waals surface area (Å²) in [7, 11) is 1.69. The number of ether oxygens (including phenoxy) is 1. The summed E-state index contributed by atoms with van der Waals surface area (Å²) in [6, 6.07) is 9.60. The monoisotopic (exact) mass is 306 g/mol. The molecule has 0 radical (unpaired) electrons.